The van der Waals surface area contributed by atoms with Crippen LogP contribution in [-0.2, 0) is 14.8 Å². The van der Waals surface area contributed by atoms with Crippen LogP contribution in [0.5, 0.6) is 5.75 Å². The van der Waals surface area contributed by atoms with E-state index in [-0.39, 0.29) is 29.0 Å². The summed E-state index contributed by atoms with van der Waals surface area (Å²) >= 11 is 0. The molecular weight excluding hydrogens is 647 g/mol. The van der Waals surface area contributed by atoms with Gasteiger partial charge in [-0.25, -0.2) is 26.6 Å². The van der Waals surface area contributed by atoms with E-state index in [1.807, 2.05) is 13.8 Å². The SMILES string of the molecule is COCCN[C@H]1CC[C@H](c2cnc(N)c3c(-c4cc(F)c(NS(=O)(=O)c5cc(OC(F)F)ccc5F)cc4F)nn(C(C)C)c32)CC1. The normalized spacial score (nSPS) is 17.1. The van der Waals surface area contributed by atoms with Gasteiger partial charge in [-0.3, -0.25) is 9.40 Å². The lowest BCUT2D eigenvalue weighted by Gasteiger charge is -2.30. The standard InChI is InChI=1S/C31H35F5N6O4S/c1-16(2)42-29-21(17-4-6-18(7-5-17)38-10-11-45-3)15-39-30(37)27(29)28(40-42)20-13-24(34)25(14-23(20)33)41-47(43,44)26-12-19(46-31(35)36)8-9-22(26)32/h8-9,12-18,31,38,41H,4-7,10-11H2,1-3H3,(H2,37,39)/t17-,18-. The van der Waals surface area contributed by atoms with E-state index in [2.05, 4.69) is 20.1 Å². The number of nitrogens with one attached hydrogen (secondary N) is 2. The number of nitrogens with zero attached hydrogens (tertiary/aromatic N) is 3. The number of ether oxygens (including phenoxy) is 2. The second kappa shape index (κ2) is 14.0. The number of hydrogen-bond acceptors (Lipinski definition) is 8. The van der Waals surface area contributed by atoms with Crippen molar-refractivity contribution < 1.29 is 39.8 Å². The van der Waals surface area contributed by atoms with Crippen molar-refractivity contribution in [3.63, 3.8) is 0 Å². The van der Waals surface area contributed by atoms with E-state index in [9.17, 15) is 21.6 Å². The molecule has 2 heterocycles. The number of pyridine rings is 1. The Hall–Kier alpha value is -4.02. The molecule has 1 fully saturated rings. The Balaban J connectivity index is 1.50. The van der Waals surface area contributed by atoms with E-state index in [1.165, 1.54) is 0 Å². The molecule has 0 aliphatic heterocycles. The number of hydrogen-bond donors (Lipinski definition) is 3. The molecule has 16 heteroatoms. The van der Waals surface area contributed by atoms with Crippen molar-refractivity contribution in [2.24, 2.45) is 0 Å². The first-order valence-electron chi connectivity index (χ1n) is 15.0. The highest BCUT2D eigenvalue weighted by atomic mass is 32.2. The maximum atomic E-state index is 15.8. The number of fused-ring (bicyclic) bond motifs is 1. The third-order valence-electron chi connectivity index (χ3n) is 8.15. The number of aromatic nitrogens is 3. The third-order valence-corrected chi connectivity index (χ3v) is 9.53. The quantitative estimate of drug-likeness (QED) is 0.116. The zero-order valence-corrected chi connectivity index (χ0v) is 26.7. The van der Waals surface area contributed by atoms with Crippen LogP contribution in [0.1, 0.15) is 57.1 Å². The fraction of sp³-hybridized carbons (Fsp3) is 0.419. The van der Waals surface area contributed by atoms with Gasteiger partial charge in [-0.15, -0.1) is 0 Å². The maximum absolute atomic E-state index is 15.8. The molecule has 1 saturated carbocycles. The molecule has 5 rings (SSSR count). The Morgan fingerprint density at radius 1 is 1.04 bits per heavy atom. The molecule has 1 aliphatic rings. The van der Waals surface area contributed by atoms with Gasteiger partial charge in [0.05, 0.1) is 23.2 Å². The van der Waals surface area contributed by atoms with E-state index in [4.69, 9.17) is 10.5 Å². The molecule has 47 heavy (non-hydrogen) atoms. The molecule has 0 atom stereocenters. The van der Waals surface area contributed by atoms with Crippen molar-refractivity contribution in [2.45, 2.75) is 69.0 Å². The first-order chi connectivity index (χ1) is 22.3. The van der Waals surface area contributed by atoms with Crippen LogP contribution in [0.15, 0.2) is 41.4 Å². The summed E-state index contributed by atoms with van der Waals surface area (Å²) in [6, 6.07) is 3.41. The van der Waals surface area contributed by atoms with Crippen LogP contribution in [0.4, 0.5) is 33.5 Å². The van der Waals surface area contributed by atoms with E-state index >= 15 is 8.78 Å². The summed E-state index contributed by atoms with van der Waals surface area (Å²) < 4.78 is 109. The summed E-state index contributed by atoms with van der Waals surface area (Å²) in [5, 5.41) is 8.47. The van der Waals surface area contributed by atoms with Gasteiger partial charge in [-0.1, -0.05) is 0 Å². The number of rotatable bonds is 12. The molecule has 0 amide bonds. The van der Waals surface area contributed by atoms with Crippen LogP contribution in [0.25, 0.3) is 22.2 Å². The van der Waals surface area contributed by atoms with Gasteiger partial charge in [0, 0.05) is 49.6 Å². The van der Waals surface area contributed by atoms with E-state index in [0.29, 0.717) is 41.8 Å². The molecule has 0 unspecified atom stereocenters. The van der Waals surface area contributed by atoms with Crippen molar-refractivity contribution >= 4 is 32.4 Å². The van der Waals surface area contributed by atoms with Gasteiger partial charge in [-0.2, -0.15) is 13.9 Å². The van der Waals surface area contributed by atoms with Crippen LogP contribution in [0.2, 0.25) is 0 Å². The lowest BCUT2D eigenvalue weighted by atomic mass is 9.81. The number of benzene rings is 2. The largest absolute Gasteiger partial charge is 0.435 e. The second-order valence-electron chi connectivity index (χ2n) is 11.6. The number of halogens is 5. The van der Waals surface area contributed by atoms with E-state index in [0.717, 1.165) is 49.9 Å². The molecule has 4 N–H and O–H groups in total. The molecule has 10 nitrogen and oxygen atoms in total. The molecule has 0 saturated heterocycles. The highest BCUT2D eigenvalue weighted by Crippen LogP contribution is 2.42. The number of nitrogen functional groups attached to an aromatic ring is 1. The Labute approximate surface area is 268 Å². The summed E-state index contributed by atoms with van der Waals surface area (Å²) in [6.45, 7) is 1.85. The van der Waals surface area contributed by atoms with Crippen molar-refractivity contribution in [1.29, 1.82) is 0 Å². The third kappa shape index (κ3) is 7.28. The van der Waals surface area contributed by atoms with Crippen LogP contribution in [-0.4, -0.2) is 56.1 Å². The molecule has 2 aromatic carbocycles. The first kappa shape index (κ1) is 34.3. The lowest BCUT2D eigenvalue weighted by molar-refractivity contribution is -0.0500. The number of nitrogens with two attached hydrogens (primary N) is 1. The molecule has 1 aliphatic carbocycles. The van der Waals surface area contributed by atoms with Gasteiger partial charge >= 0.3 is 6.61 Å². The van der Waals surface area contributed by atoms with Crippen LogP contribution >= 0.6 is 0 Å². The minimum absolute atomic E-state index is 0.0177. The first-order valence-corrected chi connectivity index (χ1v) is 16.4. The number of methoxy groups -OCH3 is 1. The summed E-state index contributed by atoms with van der Waals surface area (Å²) in [5.74, 6) is -4.05. The Morgan fingerprint density at radius 3 is 2.43 bits per heavy atom. The average molecular weight is 683 g/mol. The summed E-state index contributed by atoms with van der Waals surface area (Å²) in [4.78, 5) is 3.29. The van der Waals surface area contributed by atoms with Crippen molar-refractivity contribution in [3.05, 3.63) is 59.5 Å². The summed E-state index contributed by atoms with van der Waals surface area (Å²) in [5.41, 5.74) is 6.75. The minimum atomic E-state index is -4.91. The van der Waals surface area contributed by atoms with Gasteiger partial charge < -0.3 is 20.5 Å². The zero-order chi connectivity index (χ0) is 34.0. The monoisotopic (exact) mass is 682 g/mol. The minimum Gasteiger partial charge on any atom is -0.435 e. The fourth-order valence-corrected chi connectivity index (χ4v) is 7.08. The topological polar surface area (TPSA) is 133 Å². The van der Waals surface area contributed by atoms with Gasteiger partial charge in [0.25, 0.3) is 10.0 Å². The van der Waals surface area contributed by atoms with E-state index < -0.39 is 50.4 Å². The van der Waals surface area contributed by atoms with Gasteiger partial charge in [0.1, 0.15) is 39.6 Å². The molecule has 2 aromatic heterocycles. The Bertz CT molecular complexity index is 1860. The zero-order valence-electron chi connectivity index (χ0n) is 25.9. The molecular formula is C31H35F5N6O4S. The molecule has 0 spiro atoms. The Kier molecular flexibility index (Phi) is 10.2. The molecule has 0 radical (unpaired) electrons. The predicted molar refractivity (Wildman–Crippen MR) is 166 cm³/mol. The van der Waals surface area contributed by atoms with Crippen molar-refractivity contribution in [3.8, 4) is 17.0 Å². The predicted octanol–water partition coefficient (Wildman–Crippen LogP) is 6.34. The molecule has 0 bridgehead atoms. The number of anilines is 2. The van der Waals surface area contributed by atoms with E-state index in [1.54, 1.807) is 22.7 Å². The van der Waals surface area contributed by atoms with Crippen LogP contribution < -0.4 is 20.5 Å². The smallest absolute Gasteiger partial charge is 0.387 e. The summed E-state index contributed by atoms with van der Waals surface area (Å²) in [6.07, 6.45) is 5.28. The van der Waals surface area contributed by atoms with Crippen LogP contribution in [0, 0.1) is 17.5 Å². The molecule has 4 aromatic rings. The number of alkyl halides is 2. The lowest BCUT2D eigenvalue weighted by Crippen LogP contribution is -2.34. The summed E-state index contributed by atoms with van der Waals surface area (Å²) in [7, 11) is -3.26. The highest BCUT2D eigenvalue weighted by Gasteiger charge is 2.30. The van der Waals surface area contributed by atoms with Gasteiger partial charge in [-0.05, 0) is 69.2 Å². The van der Waals surface area contributed by atoms with Gasteiger partial charge in [0.15, 0.2) is 0 Å². The Morgan fingerprint density at radius 2 is 1.77 bits per heavy atom. The number of sulfonamides is 1. The second-order valence-corrected chi connectivity index (χ2v) is 13.2. The highest BCUT2D eigenvalue weighted by molar-refractivity contribution is 7.92. The fourth-order valence-electron chi connectivity index (χ4n) is 5.93. The maximum Gasteiger partial charge on any atom is 0.387 e. The van der Waals surface area contributed by atoms with Crippen LogP contribution in [0.3, 0.4) is 0 Å². The van der Waals surface area contributed by atoms with Crippen molar-refractivity contribution in [2.75, 3.05) is 30.7 Å². The van der Waals surface area contributed by atoms with Gasteiger partial charge in [0.2, 0.25) is 0 Å². The van der Waals surface area contributed by atoms with Crippen molar-refractivity contribution in [1.82, 2.24) is 20.1 Å². The molecule has 254 valence electrons. The average Bonchev–Trinajstić information content (AvgIpc) is 3.42.